The fourth-order valence-corrected chi connectivity index (χ4v) is 4.94. The van der Waals surface area contributed by atoms with E-state index < -0.39 is 0 Å². The molecule has 1 N–H and O–H groups in total. The zero-order valence-electron chi connectivity index (χ0n) is 17.7. The largest absolute Gasteiger partial charge is 0.493 e. The maximum Gasteiger partial charge on any atom is 0.336 e. The van der Waals surface area contributed by atoms with Crippen LogP contribution < -0.4 is 5.69 Å². The van der Waals surface area contributed by atoms with Crippen LogP contribution in [0.25, 0.3) is 16.5 Å². The van der Waals surface area contributed by atoms with Gasteiger partial charge < -0.3 is 10.0 Å². The van der Waals surface area contributed by atoms with Gasteiger partial charge in [0.2, 0.25) is 11.8 Å². The molecule has 3 aromatic rings. The van der Waals surface area contributed by atoms with Gasteiger partial charge in [0.05, 0.1) is 24.0 Å². The van der Waals surface area contributed by atoms with Crippen molar-refractivity contribution in [1.82, 2.24) is 19.0 Å². The Labute approximate surface area is 179 Å². The SMILES string of the molecule is CC(C)(C)CC(=O)N1C[C@@H]2C[C@H]1c1c(O)n(-c3cnc(C#N)c4ccccc34)c(=O)n12. The summed E-state index contributed by atoms with van der Waals surface area (Å²) >= 11 is 0. The van der Waals surface area contributed by atoms with Crippen LogP contribution >= 0.6 is 0 Å². The van der Waals surface area contributed by atoms with Gasteiger partial charge in [0.15, 0.2) is 0 Å². The van der Waals surface area contributed by atoms with Gasteiger partial charge in [0, 0.05) is 23.7 Å². The molecule has 5 rings (SSSR count). The van der Waals surface area contributed by atoms with Crippen LogP contribution in [0.2, 0.25) is 0 Å². The van der Waals surface area contributed by atoms with Crippen molar-refractivity contribution in [2.45, 2.75) is 45.7 Å². The van der Waals surface area contributed by atoms with E-state index in [0.29, 0.717) is 41.5 Å². The highest BCUT2D eigenvalue weighted by Crippen LogP contribution is 2.49. The Morgan fingerprint density at radius 2 is 2.00 bits per heavy atom. The normalized spacial score (nSPS) is 19.6. The smallest absolute Gasteiger partial charge is 0.336 e. The molecule has 2 aliphatic rings. The second-order valence-corrected chi connectivity index (χ2v) is 9.54. The first-order valence-electron chi connectivity index (χ1n) is 10.3. The molecule has 0 spiro atoms. The van der Waals surface area contributed by atoms with Gasteiger partial charge in [0.1, 0.15) is 17.5 Å². The average Bonchev–Trinajstić information content (AvgIpc) is 3.38. The summed E-state index contributed by atoms with van der Waals surface area (Å²) < 4.78 is 2.87. The predicted octanol–water partition coefficient (Wildman–Crippen LogP) is 3.03. The molecule has 158 valence electrons. The zero-order valence-corrected chi connectivity index (χ0v) is 17.7. The Balaban J connectivity index is 1.64. The molecule has 1 fully saturated rings. The highest BCUT2D eigenvalue weighted by molar-refractivity contribution is 5.93. The van der Waals surface area contributed by atoms with E-state index in [1.807, 2.05) is 26.8 Å². The molecule has 31 heavy (non-hydrogen) atoms. The van der Waals surface area contributed by atoms with Crippen LogP contribution in [0.1, 0.15) is 57.1 Å². The number of carbonyl (C=O) groups excluding carboxylic acids is 1. The van der Waals surface area contributed by atoms with Crippen LogP contribution in [-0.2, 0) is 4.79 Å². The highest BCUT2D eigenvalue weighted by Gasteiger charge is 2.49. The van der Waals surface area contributed by atoms with Gasteiger partial charge in [-0.25, -0.2) is 14.3 Å². The summed E-state index contributed by atoms with van der Waals surface area (Å²) in [5, 5.41) is 21.8. The molecule has 2 bridgehead atoms. The second-order valence-electron chi connectivity index (χ2n) is 9.54. The number of likely N-dealkylation sites (tertiary alicyclic amines) is 1. The lowest BCUT2D eigenvalue weighted by Gasteiger charge is -2.30. The molecular weight excluding hydrogens is 394 g/mol. The molecule has 2 aliphatic heterocycles. The van der Waals surface area contributed by atoms with Gasteiger partial charge in [-0.3, -0.25) is 9.36 Å². The number of fused-ring (bicyclic) bond motifs is 6. The molecule has 0 aliphatic carbocycles. The molecule has 2 atom stereocenters. The number of hydrogen-bond acceptors (Lipinski definition) is 5. The third kappa shape index (κ3) is 2.76. The molecule has 4 heterocycles. The molecule has 1 amide bonds. The molecular formula is C23H23N5O3. The van der Waals surface area contributed by atoms with E-state index in [-0.39, 0.29) is 40.7 Å². The molecule has 0 radical (unpaired) electrons. The van der Waals surface area contributed by atoms with E-state index in [0.717, 1.165) is 0 Å². The summed E-state index contributed by atoms with van der Waals surface area (Å²) in [6, 6.07) is 8.79. The lowest BCUT2D eigenvalue weighted by atomic mass is 9.91. The van der Waals surface area contributed by atoms with E-state index in [1.54, 1.807) is 27.7 Å². The first kappa shape index (κ1) is 19.4. The minimum Gasteiger partial charge on any atom is -0.493 e. The Morgan fingerprint density at radius 1 is 1.29 bits per heavy atom. The summed E-state index contributed by atoms with van der Waals surface area (Å²) in [6.07, 6.45) is 2.50. The van der Waals surface area contributed by atoms with Crippen molar-refractivity contribution >= 4 is 16.7 Å². The number of nitriles is 1. The van der Waals surface area contributed by atoms with Crippen molar-refractivity contribution in [2.24, 2.45) is 5.41 Å². The third-order valence-corrected chi connectivity index (χ3v) is 6.18. The number of benzene rings is 1. The summed E-state index contributed by atoms with van der Waals surface area (Å²) in [5.41, 5.74) is 0.680. The number of carbonyl (C=O) groups is 1. The van der Waals surface area contributed by atoms with Gasteiger partial charge in [-0.05, 0) is 11.8 Å². The monoisotopic (exact) mass is 417 g/mol. The third-order valence-electron chi connectivity index (χ3n) is 6.18. The van der Waals surface area contributed by atoms with Crippen LogP contribution in [0.5, 0.6) is 5.88 Å². The van der Waals surface area contributed by atoms with Gasteiger partial charge in [-0.15, -0.1) is 0 Å². The summed E-state index contributed by atoms with van der Waals surface area (Å²) in [6.45, 7) is 6.53. The van der Waals surface area contributed by atoms with E-state index in [9.17, 15) is 20.0 Å². The Bertz CT molecular complexity index is 1340. The van der Waals surface area contributed by atoms with Crippen molar-refractivity contribution in [1.29, 1.82) is 5.26 Å². The fourth-order valence-electron chi connectivity index (χ4n) is 4.94. The van der Waals surface area contributed by atoms with E-state index >= 15 is 0 Å². The van der Waals surface area contributed by atoms with Gasteiger partial charge in [0.25, 0.3) is 0 Å². The van der Waals surface area contributed by atoms with Gasteiger partial charge in [-0.1, -0.05) is 45.0 Å². The maximum absolute atomic E-state index is 13.3. The van der Waals surface area contributed by atoms with Crippen molar-refractivity contribution in [3.8, 4) is 17.6 Å². The Kier molecular flexibility index (Phi) is 4.03. The van der Waals surface area contributed by atoms with Crippen molar-refractivity contribution in [3.63, 3.8) is 0 Å². The molecule has 0 unspecified atom stereocenters. The van der Waals surface area contributed by atoms with Crippen molar-refractivity contribution in [2.75, 3.05) is 6.54 Å². The highest BCUT2D eigenvalue weighted by atomic mass is 16.3. The van der Waals surface area contributed by atoms with Crippen LogP contribution in [0.4, 0.5) is 0 Å². The average molecular weight is 417 g/mol. The molecule has 1 saturated heterocycles. The van der Waals surface area contributed by atoms with E-state index in [4.69, 9.17) is 0 Å². The number of aromatic nitrogens is 3. The molecule has 0 saturated carbocycles. The summed E-state index contributed by atoms with van der Waals surface area (Å²) in [4.78, 5) is 32.2. The quantitative estimate of drug-likeness (QED) is 0.690. The number of pyridine rings is 1. The number of aromatic hydroxyl groups is 1. The Morgan fingerprint density at radius 3 is 2.68 bits per heavy atom. The maximum atomic E-state index is 13.3. The predicted molar refractivity (Wildman–Crippen MR) is 114 cm³/mol. The summed E-state index contributed by atoms with van der Waals surface area (Å²) in [5.74, 6) is -0.126. The first-order chi connectivity index (χ1) is 14.7. The first-order valence-corrected chi connectivity index (χ1v) is 10.3. The lowest BCUT2D eigenvalue weighted by molar-refractivity contribution is -0.134. The molecule has 8 nitrogen and oxygen atoms in total. The van der Waals surface area contributed by atoms with Crippen LogP contribution in [-0.4, -0.2) is 36.6 Å². The number of rotatable bonds is 2. The van der Waals surface area contributed by atoms with E-state index in [2.05, 4.69) is 11.1 Å². The van der Waals surface area contributed by atoms with Gasteiger partial charge >= 0.3 is 5.69 Å². The second kappa shape index (κ2) is 6.45. The number of amides is 1. The van der Waals surface area contributed by atoms with Crippen molar-refractivity contribution < 1.29 is 9.90 Å². The van der Waals surface area contributed by atoms with E-state index in [1.165, 1.54) is 10.8 Å². The van der Waals surface area contributed by atoms with Crippen LogP contribution in [0.15, 0.2) is 35.3 Å². The lowest BCUT2D eigenvalue weighted by Crippen LogP contribution is -2.39. The zero-order chi connectivity index (χ0) is 22.1. The number of imidazole rings is 1. The fraction of sp³-hybridized carbons (Fsp3) is 0.391. The molecule has 8 heteroatoms. The van der Waals surface area contributed by atoms with Crippen LogP contribution in [0, 0.1) is 16.7 Å². The van der Waals surface area contributed by atoms with Crippen LogP contribution in [0.3, 0.4) is 0 Å². The standard InChI is InChI=1S/C23H23N5O3/c1-23(2,3)9-19(29)26-12-13-8-17(26)20-21(30)28(22(31)27(13)20)18-11-25-16(10-24)14-6-4-5-7-15(14)18/h4-7,11,13,17,30H,8-9,12H2,1-3H3/t13-,17-/m0/s1. The molecule has 1 aromatic carbocycles. The minimum atomic E-state index is -0.348. The Hall–Kier alpha value is -3.60. The summed E-state index contributed by atoms with van der Waals surface area (Å²) in [7, 11) is 0. The van der Waals surface area contributed by atoms with Gasteiger partial charge in [-0.2, -0.15) is 5.26 Å². The van der Waals surface area contributed by atoms with Crippen molar-refractivity contribution in [3.05, 3.63) is 52.3 Å². The minimum absolute atomic E-state index is 0.0383. The number of nitrogens with zero attached hydrogens (tertiary/aromatic N) is 5. The topological polar surface area (TPSA) is 104 Å². The molecule has 2 aromatic heterocycles. The number of hydrogen-bond donors (Lipinski definition) is 1.